The molecule has 3 heteroatoms. The number of rotatable bonds is 8. The highest BCUT2D eigenvalue weighted by Gasteiger charge is 2.46. The first kappa shape index (κ1) is 40.3. The number of furan rings is 1. The monoisotopic (exact) mass is 909 g/mol. The summed E-state index contributed by atoms with van der Waals surface area (Å²) in [6.07, 6.45) is 0. The third-order valence-electron chi connectivity index (χ3n) is 14.6. The lowest BCUT2D eigenvalue weighted by Gasteiger charge is -2.33. The largest absolute Gasteiger partial charge is 0.456 e. The van der Waals surface area contributed by atoms with Crippen LogP contribution in [0.25, 0.3) is 86.6 Å². The van der Waals surface area contributed by atoms with Crippen LogP contribution in [0.3, 0.4) is 0 Å². The molecule has 0 spiro atoms. The second kappa shape index (κ2) is 16.2. The summed E-state index contributed by atoms with van der Waals surface area (Å²) in [5, 5.41) is 4.89. The Morgan fingerprint density at radius 2 is 0.871 bits per heavy atom. The summed E-state index contributed by atoms with van der Waals surface area (Å²) in [7, 11) is 0. The van der Waals surface area contributed by atoms with Crippen LogP contribution in [0.4, 0.5) is 17.1 Å². The molecule has 0 saturated heterocycles. The van der Waals surface area contributed by atoms with E-state index in [0.29, 0.717) is 0 Å². The summed E-state index contributed by atoms with van der Waals surface area (Å²) in [5.74, 6) is 0. The maximum atomic E-state index is 6.30. The Bertz CT molecular complexity index is 4070. The molecule has 1 aliphatic rings. The van der Waals surface area contributed by atoms with Crippen molar-refractivity contribution in [3.05, 3.63) is 283 Å². The van der Waals surface area contributed by atoms with Crippen LogP contribution in [-0.2, 0) is 5.41 Å². The van der Waals surface area contributed by atoms with E-state index in [9.17, 15) is 0 Å². The number of thiophene rings is 1. The molecule has 2 nitrogen and oxygen atoms in total. The van der Waals surface area contributed by atoms with Gasteiger partial charge in [-0.25, -0.2) is 0 Å². The summed E-state index contributed by atoms with van der Waals surface area (Å²) in [4.78, 5) is 2.39. The van der Waals surface area contributed by atoms with Gasteiger partial charge < -0.3 is 9.32 Å². The fraction of sp³-hybridized carbons (Fsp3) is 0.0149. The van der Waals surface area contributed by atoms with Gasteiger partial charge in [0.05, 0.1) is 5.41 Å². The molecule has 11 aromatic carbocycles. The van der Waals surface area contributed by atoms with Gasteiger partial charge in [0, 0.05) is 48.0 Å². The van der Waals surface area contributed by atoms with Crippen molar-refractivity contribution in [2.24, 2.45) is 0 Å². The van der Waals surface area contributed by atoms with Crippen LogP contribution in [0.2, 0.25) is 0 Å². The Balaban J connectivity index is 0.890. The van der Waals surface area contributed by atoms with Crippen molar-refractivity contribution >= 4 is 70.5 Å². The van der Waals surface area contributed by atoms with Crippen molar-refractivity contribution in [2.45, 2.75) is 5.41 Å². The molecule has 0 bridgehead atoms. The molecular weight excluding hydrogens is 867 g/mol. The number of nitrogens with zero attached hydrogens (tertiary/aromatic N) is 1. The quantitative estimate of drug-likeness (QED) is 0.151. The highest BCUT2D eigenvalue weighted by atomic mass is 32.1. The Kier molecular flexibility index (Phi) is 9.33. The number of hydrogen-bond donors (Lipinski definition) is 0. The average molecular weight is 910 g/mol. The van der Waals surface area contributed by atoms with Gasteiger partial charge in [-0.3, -0.25) is 0 Å². The van der Waals surface area contributed by atoms with Crippen LogP contribution in [0.15, 0.2) is 265 Å². The van der Waals surface area contributed by atoms with Crippen molar-refractivity contribution in [1.29, 1.82) is 0 Å². The van der Waals surface area contributed by atoms with Gasteiger partial charge in [-0.1, -0.05) is 188 Å². The molecule has 328 valence electrons. The first-order chi connectivity index (χ1) is 34.7. The van der Waals surface area contributed by atoms with E-state index in [1.807, 2.05) is 23.5 Å². The lowest BCUT2D eigenvalue weighted by Crippen LogP contribution is -2.28. The summed E-state index contributed by atoms with van der Waals surface area (Å²) in [6, 6.07) is 95.5. The van der Waals surface area contributed by atoms with E-state index in [1.54, 1.807) is 0 Å². The van der Waals surface area contributed by atoms with Gasteiger partial charge in [0.1, 0.15) is 11.2 Å². The lowest BCUT2D eigenvalue weighted by atomic mass is 9.67. The predicted octanol–water partition coefficient (Wildman–Crippen LogP) is 18.8. The Labute approximate surface area is 410 Å². The second-order valence-electron chi connectivity index (χ2n) is 18.4. The molecule has 70 heavy (non-hydrogen) atoms. The molecule has 14 rings (SSSR count). The topological polar surface area (TPSA) is 16.4 Å². The highest BCUT2D eigenvalue weighted by Crippen LogP contribution is 2.57. The van der Waals surface area contributed by atoms with Crippen LogP contribution in [-0.4, -0.2) is 0 Å². The molecule has 1 aliphatic carbocycles. The molecule has 0 radical (unpaired) electrons. The average Bonchev–Trinajstić information content (AvgIpc) is 4.10. The molecule has 0 amide bonds. The van der Waals surface area contributed by atoms with Crippen LogP contribution in [0.1, 0.15) is 22.3 Å². The van der Waals surface area contributed by atoms with Crippen molar-refractivity contribution < 1.29 is 4.42 Å². The highest BCUT2D eigenvalue weighted by molar-refractivity contribution is 7.25. The summed E-state index contributed by atoms with van der Waals surface area (Å²) < 4.78 is 8.93. The van der Waals surface area contributed by atoms with Gasteiger partial charge in [-0.15, -0.1) is 11.3 Å². The molecule has 0 atom stereocenters. The zero-order valence-electron chi connectivity index (χ0n) is 38.1. The number of anilines is 3. The fourth-order valence-electron chi connectivity index (χ4n) is 11.4. The Morgan fingerprint density at radius 1 is 0.314 bits per heavy atom. The first-order valence-corrected chi connectivity index (χ1v) is 24.8. The molecule has 2 heterocycles. The normalized spacial score (nSPS) is 12.7. The van der Waals surface area contributed by atoms with Crippen LogP contribution < -0.4 is 4.90 Å². The zero-order chi connectivity index (χ0) is 46.2. The van der Waals surface area contributed by atoms with E-state index in [1.165, 1.54) is 70.2 Å². The van der Waals surface area contributed by atoms with Gasteiger partial charge in [-0.2, -0.15) is 0 Å². The van der Waals surface area contributed by atoms with Crippen LogP contribution in [0, 0.1) is 0 Å². The molecule has 0 saturated carbocycles. The number of hydrogen-bond acceptors (Lipinski definition) is 3. The fourth-order valence-corrected chi connectivity index (χ4v) is 12.5. The van der Waals surface area contributed by atoms with E-state index in [-0.39, 0.29) is 0 Å². The van der Waals surface area contributed by atoms with Gasteiger partial charge in [0.2, 0.25) is 0 Å². The minimum Gasteiger partial charge on any atom is -0.456 e. The minimum absolute atomic E-state index is 0.441. The van der Waals surface area contributed by atoms with Gasteiger partial charge in [-0.05, 0) is 140 Å². The lowest BCUT2D eigenvalue weighted by molar-refractivity contribution is 0.669. The van der Waals surface area contributed by atoms with Crippen molar-refractivity contribution in [3.63, 3.8) is 0 Å². The third-order valence-corrected chi connectivity index (χ3v) is 15.7. The SMILES string of the molecule is c1ccc(C2(c3ccccc3)c3ccccc3-c3cc(-c4cccc(N(c5ccc(-c6ccc7sc8ccccc8c7c6)cc5)c5ccc(-c6cccc7oc8ccccc8c67)cc5)c4)ccc32)cc1. The van der Waals surface area contributed by atoms with Gasteiger partial charge >= 0.3 is 0 Å². The second-order valence-corrected chi connectivity index (χ2v) is 19.4. The maximum absolute atomic E-state index is 6.30. The van der Waals surface area contributed by atoms with E-state index < -0.39 is 5.41 Å². The predicted molar refractivity (Wildman–Crippen MR) is 295 cm³/mol. The number of fused-ring (bicyclic) bond motifs is 9. The van der Waals surface area contributed by atoms with E-state index in [2.05, 4.69) is 254 Å². The smallest absolute Gasteiger partial charge is 0.136 e. The molecule has 2 aromatic heterocycles. The van der Waals surface area contributed by atoms with Crippen LogP contribution >= 0.6 is 11.3 Å². The number of benzene rings is 11. The van der Waals surface area contributed by atoms with Gasteiger partial charge in [0.15, 0.2) is 0 Å². The van der Waals surface area contributed by atoms with E-state index in [4.69, 9.17) is 4.42 Å². The molecule has 0 N–H and O–H groups in total. The molecule has 13 aromatic rings. The van der Waals surface area contributed by atoms with Crippen LogP contribution in [0.5, 0.6) is 0 Å². The van der Waals surface area contributed by atoms with Crippen molar-refractivity contribution in [2.75, 3.05) is 4.90 Å². The third kappa shape index (κ3) is 6.32. The molecule has 0 aliphatic heterocycles. The zero-order valence-corrected chi connectivity index (χ0v) is 38.9. The van der Waals surface area contributed by atoms with Crippen molar-refractivity contribution in [1.82, 2.24) is 0 Å². The Morgan fingerprint density at radius 3 is 1.66 bits per heavy atom. The summed E-state index contributed by atoms with van der Waals surface area (Å²) >= 11 is 1.86. The summed E-state index contributed by atoms with van der Waals surface area (Å²) in [5.41, 5.74) is 19.3. The number of para-hydroxylation sites is 1. The van der Waals surface area contributed by atoms with E-state index in [0.717, 1.165) is 55.7 Å². The Hall–Kier alpha value is -8.76. The molecular formula is C67H43NOS. The molecule has 0 fully saturated rings. The van der Waals surface area contributed by atoms with Gasteiger partial charge in [0.25, 0.3) is 0 Å². The maximum Gasteiger partial charge on any atom is 0.136 e. The standard InChI is InChI=1S/C67H43NOS/c1-3-16-49(17-4-1)67(50-18-5-2-6-19-50)60-25-10-7-21-55(60)58-42-48(33-39-61(58)67)46-15-13-20-53(41-46)68(51-35-29-44(30-36-51)47-34-40-65-59(43-47)56-22-9-12-28-64(56)70-65)52-37-31-45(32-38-52)54-24-14-27-63-66(54)57-23-8-11-26-62(57)69-63/h1-43H. The minimum atomic E-state index is -0.441. The summed E-state index contributed by atoms with van der Waals surface area (Å²) in [6.45, 7) is 0. The first-order valence-electron chi connectivity index (χ1n) is 24.0. The molecule has 0 unspecified atom stereocenters. The van der Waals surface area contributed by atoms with Crippen molar-refractivity contribution in [3.8, 4) is 44.5 Å². The van der Waals surface area contributed by atoms with E-state index >= 15 is 0 Å².